The van der Waals surface area contributed by atoms with Gasteiger partial charge in [-0.1, -0.05) is 41.9 Å². The number of methoxy groups -OCH3 is 1. The molecule has 6 nitrogen and oxygen atoms in total. The molecular formula is C25H29BrN2O4. The number of ether oxygens (including phenoxy) is 1. The summed E-state index contributed by atoms with van der Waals surface area (Å²) in [7, 11) is 1.57. The molecule has 1 aliphatic rings. The molecule has 1 heterocycles. The van der Waals surface area contributed by atoms with Crippen molar-refractivity contribution in [1.82, 2.24) is 9.80 Å². The Balaban J connectivity index is 2.12. The van der Waals surface area contributed by atoms with Crippen molar-refractivity contribution in [1.29, 1.82) is 0 Å². The molecule has 1 saturated heterocycles. The van der Waals surface area contributed by atoms with Gasteiger partial charge in [0.1, 0.15) is 11.5 Å². The van der Waals surface area contributed by atoms with Crippen molar-refractivity contribution in [2.75, 3.05) is 33.3 Å². The normalized spacial score (nSPS) is 17.9. The van der Waals surface area contributed by atoms with E-state index in [1.807, 2.05) is 31.2 Å². The number of nitrogens with zero attached hydrogens (tertiary/aromatic N) is 2. The topological polar surface area (TPSA) is 70.1 Å². The number of aliphatic hydroxyl groups excluding tert-OH is 1. The number of ketones is 1. The molecule has 0 radical (unpaired) electrons. The second kappa shape index (κ2) is 10.3. The molecule has 7 heteroatoms. The van der Waals surface area contributed by atoms with Gasteiger partial charge in [-0.3, -0.25) is 9.59 Å². The van der Waals surface area contributed by atoms with Gasteiger partial charge in [-0.25, -0.2) is 0 Å². The average Bonchev–Trinajstić information content (AvgIpc) is 3.04. The summed E-state index contributed by atoms with van der Waals surface area (Å²) in [5.41, 5.74) is 2.16. The molecule has 0 aromatic heterocycles. The highest BCUT2D eigenvalue weighted by molar-refractivity contribution is 9.10. The quantitative estimate of drug-likeness (QED) is 0.327. The number of aliphatic hydroxyl groups is 1. The predicted molar refractivity (Wildman–Crippen MR) is 129 cm³/mol. The fourth-order valence-corrected chi connectivity index (χ4v) is 4.33. The lowest BCUT2D eigenvalue weighted by Gasteiger charge is -2.28. The van der Waals surface area contributed by atoms with E-state index in [4.69, 9.17) is 4.74 Å². The van der Waals surface area contributed by atoms with Crippen LogP contribution >= 0.6 is 15.9 Å². The van der Waals surface area contributed by atoms with Gasteiger partial charge in [0, 0.05) is 23.1 Å². The summed E-state index contributed by atoms with van der Waals surface area (Å²) >= 11 is 3.44. The van der Waals surface area contributed by atoms with Crippen LogP contribution in [0.15, 0.2) is 52.5 Å². The number of aryl methyl sites for hydroxylation is 1. The lowest BCUT2D eigenvalue weighted by molar-refractivity contribution is -0.140. The first-order valence-corrected chi connectivity index (χ1v) is 11.5. The third kappa shape index (κ3) is 4.74. The Kier molecular flexibility index (Phi) is 7.74. The lowest BCUT2D eigenvalue weighted by Crippen LogP contribution is -2.38. The van der Waals surface area contributed by atoms with Gasteiger partial charge in [0.2, 0.25) is 0 Å². The van der Waals surface area contributed by atoms with Gasteiger partial charge in [0.05, 0.1) is 18.7 Å². The zero-order chi connectivity index (χ0) is 23.4. The van der Waals surface area contributed by atoms with Gasteiger partial charge < -0.3 is 19.6 Å². The molecule has 0 spiro atoms. The van der Waals surface area contributed by atoms with Gasteiger partial charge in [-0.05, 0) is 61.5 Å². The molecule has 3 rings (SSSR count). The Bertz CT molecular complexity index is 1030. The molecule has 1 aliphatic heterocycles. The third-order valence-corrected chi connectivity index (χ3v) is 6.49. The number of hydrogen-bond acceptors (Lipinski definition) is 5. The monoisotopic (exact) mass is 500 g/mol. The van der Waals surface area contributed by atoms with E-state index in [1.54, 1.807) is 30.2 Å². The van der Waals surface area contributed by atoms with Gasteiger partial charge in [0.25, 0.3) is 11.7 Å². The number of carbonyl (C=O) groups excluding carboxylic acids is 2. The largest absolute Gasteiger partial charge is 0.507 e. The molecule has 0 bridgehead atoms. The molecule has 2 aromatic rings. The van der Waals surface area contributed by atoms with Gasteiger partial charge in [0.15, 0.2) is 0 Å². The minimum Gasteiger partial charge on any atom is -0.507 e. The van der Waals surface area contributed by atoms with E-state index in [-0.39, 0.29) is 11.3 Å². The smallest absolute Gasteiger partial charge is 0.295 e. The summed E-state index contributed by atoms with van der Waals surface area (Å²) in [6.45, 7) is 8.72. The Morgan fingerprint density at radius 1 is 1.12 bits per heavy atom. The maximum Gasteiger partial charge on any atom is 0.295 e. The highest BCUT2D eigenvalue weighted by Gasteiger charge is 2.46. The van der Waals surface area contributed by atoms with E-state index < -0.39 is 17.7 Å². The van der Waals surface area contributed by atoms with Crippen molar-refractivity contribution in [3.8, 4) is 5.75 Å². The third-order valence-electron chi connectivity index (χ3n) is 5.97. The predicted octanol–water partition coefficient (Wildman–Crippen LogP) is 4.53. The number of rotatable bonds is 8. The summed E-state index contributed by atoms with van der Waals surface area (Å²) in [6, 6.07) is 12.1. The van der Waals surface area contributed by atoms with E-state index in [9.17, 15) is 14.7 Å². The van der Waals surface area contributed by atoms with Crippen molar-refractivity contribution >= 4 is 33.4 Å². The number of hydrogen-bond donors (Lipinski definition) is 1. The molecule has 170 valence electrons. The number of likely N-dealkylation sites (tertiary alicyclic amines) is 1. The van der Waals surface area contributed by atoms with Crippen molar-refractivity contribution in [2.24, 2.45) is 0 Å². The highest BCUT2D eigenvalue weighted by Crippen LogP contribution is 2.40. The highest BCUT2D eigenvalue weighted by atomic mass is 79.9. The molecule has 1 unspecified atom stereocenters. The van der Waals surface area contributed by atoms with Crippen LogP contribution in [0.2, 0.25) is 0 Å². The van der Waals surface area contributed by atoms with Gasteiger partial charge in [-0.15, -0.1) is 0 Å². The van der Waals surface area contributed by atoms with Crippen LogP contribution < -0.4 is 4.74 Å². The van der Waals surface area contributed by atoms with Crippen LogP contribution in [0.3, 0.4) is 0 Å². The zero-order valence-corrected chi connectivity index (χ0v) is 20.5. The van der Waals surface area contributed by atoms with Crippen LogP contribution in [-0.4, -0.2) is 59.9 Å². The van der Waals surface area contributed by atoms with E-state index in [0.717, 1.165) is 28.7 Å². The average molecular weight is 501 g/mol. The zero-order valence-electron chi connectivity index (χ0n) is 18.9. The van der Waals surface area contributed by atoms with Crippen molar-refractivity contribution in [3.63, 3.8) is 0 Å². The van der Waals surface area contributed by atoms with E-state index in [1.165, 1.54) is 0 Å². The van der Waals surface area contributed by atoms with E-state index in [2.05, 4.69) is 34.7 Å². The number of likely N-dealkylation sites (N-methyl/N-ethyl adjacent to an activating group) is 1. The van der Waals surface area contributed by atoms with Crippen LogP contribution in [0.1, 0.15) is 36.6 Å². The SMILES string of the molecule is CCN(CC)CCN1C(=O)C(=O)/C(=C(/O)c2ccc(OC)cc2C)C1c1ccc(Br)cc1. The van der Waals surface area contributed by atoms with Crippen molar-refractivity contribution in [2.45, 2.75) is 26.8 Å². The summed E-state index contributed by atoms with van der Waals surface area (Å²) in [6.07, 6.45) is 0. The van der Waals surface area contributed by atoms with Crippen LogP contribution in [0.4, 0.5) is 0 Å². The summed E-state index contributed by atoms with van der Waals surface area (Å²) in [5.74, 6) is -0.757. The molecule has 1 fully saturated rings. The summed E-state index contributed by atoms with van der Waals surface area (Å²) in [5, 5.41) is 11.2. The summed E-state index contributed by atoms with van der Waals surface area (Å²) in [4.78, 5) is 30.0. The fourth-order valence-electron chi connectivity index (χ4n) is 4.07. The van der Waals surface area contributed by atoms with Crippen molar-refractivity contribution < 1.29 is 19.4 Å². The molecule has 0 aliphatic carbocycles. The first-order valence-electron chi connectivity index (χ1n) is 10.7. The summed E-state index contributed by atoms with van der Waals surface area (Å²) < 4.78 is 6.15. The lowest BCUT2D eigenvalue weighted by atomic mass is 9.94. The maximum absolute atomic E-state index is 13.1. The van der Waals surface area contributed by atoms with Gasteiger partial charge >= 0.3 is 0 Å². The Morgan fingerprint density at radius 2 is 1.78 bits per heavy atom. The first kappa shape index (κ1) is 24.0. The number of amides is 1. The number of halogens is 1. The van der Waals surface area contributed by atoms with Crippen LogP contribution in [0.25, 0.3) is 5.76 Å². The van der Waals surface area contributed by atoms with E-state index in [0.29, 0.717) is 24.4 Å². The van der Waals surface area contributed by atoms with E-state index >= 15 is 0 Å². The maximum atomic E-state index is 13.1. The number of carbonyl (C=O) groups is 2. The molecule has 32 heavy (non-hydrogen) atoms. The second-order valence-electron chi connectivity index (χ2n) is 7.75. The minimum absolute atomic E-state index is 0.116. The first-order chi connectivity index (χ1) is 15.3. The molecule has 1 N–H and O–H groups in total. The molecule has 1 atom stereocenters. The Hall–Kier alpha value is -2.64. The molecular weight excluding hydrogens is 472 g/mol. The minimum atomic E-state index is -0.662. The number of Topliss-reactive ketones (excluding diaryl/α,β-unsaturated/α-hetero) is 1. The van der Waals surface area contributed by atoms with Crippen LogP contribution in [0.5, 0.6) is 5.75 Å². The molecule has 1 amide bonds. The number of benzene rings is 2. The second-order valence-corrected chi connectivity index (χ2v) is 8.67. The van der Waals surface area contributed by atoms with Crippen LogP contribution in [-0.2, 0) is 9.59 Å². The Morgan fingerprint density at radius 3 is 2.34 bits per heavy atom. The van der Waals surface area contributed by atoms with Crippen LogP contribution in [0, 0.1) is 6.92 Å². The molecule has 2 aromatic carbocycles. The van der Waals surface area contributed by atoms with Crippen molar-refractivity contribution in [3.05, 3.63) is 69.2 Å². The fraction of sp³-hybridized carbons (Fsp3) is 0.360. The standard InChI is InChI=1S/C25H29BrN2O4/c1-5-27(6-2)13-14-28-22(17-7-9-18(26)10-8-17)21(24(30)25(28)31)23(29)20-12-11-19(32-4)15-16(20)3/h7-12,15,22,29H,5-6,13-14H2,1-4H3/b23-21+. The molecule has 0 saturated carbocycles. The Labute approximate surface area is 197 Å². The van der Waals surface area contributed by atoms with Gasteiger partial charge in [-0.2, -0.15) is 0 Å².